The lowest BCUT2D eigenvalue weighted by molar-refractivity contribution is -0.143. The van der Waals surface area contributed by atoms with Gasteiger partial charge in [-0.05, 0) is 44.2 Å². The van der Waals surface area contributed by atoms with Crippen molar-refractivity contribution in [1.82, 2.24) is 0 Å². The van der Waals surface area contributed by atoms with E-state index in [1.165, 1.54) is 0 Å². The molecule has 1 aliphatic carbocycles. The molecule has 17 heavy (non-hydrogen) atoms. The molecule has 1 saturated carbocycles. The van der Waals surface area contributed by atoms with E-state index in [4.69, 9.17) is 9.84 Å². The number of rotatable bonds is 3. The predicted octanol–water partition coefficient (Wildman–Crippen LogP) is 3.02. The van der Waals surface area contributed by atoms with Gasteiger partial charge in [-0.2, -0.15) is 0 Å². The number of aryl methyl sites for hydroxylation is 1. The molecule has 2 unspecified atom stereocenters. The fourth-order valence-electron chi connectivity index (χ4n) is 2.34. The molecular weight excluding hydrogens is 216 g/mol. The third-order valence-corrected chi connectivity index (χ3v) is 3.36. The molecule has 2 atom stereocenters. The smallest absolute Gasteiger partial charge is 0.306 e. The van der Waals surface area contributed by atoms with Crippen molar-refractivity contribution in [1.29, 1.82) is 0 Å². The Morgan fingerprint density at radius 2 is 2.12 bits per heavy atom. The zero-order valence-corrected chi connectivity index (χ0v) is 10.1. The molecule has 2 rings (SSSR count). The van der Waals surface area contributed by atoms with Gasteiger partial charge in [-0.3, -0.25) is 4.79 Å². The summed E-state index contributed by atoms with van der Waals surface area (Å²) in [5.41, 5.74) is 1.10. The summed E-state index contributed by atoms with van der Waals surface area (Å²) in [4.78, 5) is 11.0. The Bertz CT molecular complexity index is 400. The lowest BCUT2D eigenvalue weighted by atomic mass is 9.87. The highest BCUT2D eigenvalue weighted by atomic mass is 16.5. The van der Waals surface area contributed by atoms with Gasteiger partial charge >= 0.3 is 5.97 Å². The Hall–Kier alpha value is -1.51. The molecule has 3 heteroatoms. The summed E-state index contributed by atoms with van der Waals surface area (Å²) < 4.78 is 5.90. The van der Waals surface area contributed by atoms with E-state index in [0.717, 1.165) is 30.6 Å². The first-order valence-corrected chi connectivity index (χ1v) is 6.12. The van der Waals surface area contributed by atoms with E-state index < -0.39 is 5.97 Å². The maximum atomic E-state index is 11.0. The largest absolute Gasteiger partial charge is 0.490 e. The van der Waals surface area contributed by atoms with Crippen LogP contribution in [-0.2, 0) is 4.79 Å². The van der Waals surface area contributed by atoms with Gasteiger partial charge in [0.25, 0.3) is 0 Å². The molecule has 1 N–H and O–H groups in total. The van der Waals surface area contributed by atoms with Crippen LogP contribution < -0.4 is 4.74 Å². The topological polar surface area (TPSA) is 46.5 Å². The van der Waals surface area contributed by atoms with Gasteiger partial charge in [0.15, 0.2) is 0 Å². The predicted molar refractivity (Wildman–Crippen MR) is 65.2 cm³/mol. The molecule has 3 nitrogen and oxygen atoms in total. The van der Waals surface area contributed by atoms with E-state index in [9.17, 15) is 4.79 Å². The van der Waals surface area contributed by atoms with Gasteiger partial charge in [-0.1, -0.05) is 18.2 Å². The van der Waals surface area contributed by atoms with Crippen LogP contribution in [0.3, 0.4) is 0 Å². The van der Waals surface area contributed by atoms with Crippen molar-refractivity contribution in [3.8, 4) is 5.75 Å². The van der Waals surface area contributed by atoms with Crippen molar-refractivity contribution in [2.45, 2.75) is 38.7 Å². The SMILES string of the molecule is Cc1ccccc1OC1CCCC(C(=O)O)C1. The van der Waals surface area contributed by atoms with Gasteiger partial charge in [-0.15, -0.1) is 0 Å². The zero-order valence-electron chi connectivity index (χ0n) is 10.1. The monoisotopic (exact) mass is 234 g/mol. The highest BCUT2D eigenvalue weighted by molar-refractivity contribution is 5.70. The van der Waals surface area contributed by atoms with Crippen LogP contribution in [0.25, 0.3) is 0 Å². The first-order chi connectivity index (χ1) is 8.16. The quantitative estimate of drug-likeness (QED) is 0.874. The minimum atomic E-state index is -0.692. The molecule has 0 saturated heterocycles. The highest BCUT2D eigenvalue weighted by Crippen LogP contribution is 2.29. The number of carboxylic acids is 1. The highest BCUT2D eigenvalue weighted by Gasteiger charge is 2.28. The Morgan fingerprint density at radius 1 is 1.35 bits per heavy atom. The molecule has 92 valence electrons. The van der Waals surface area contributed by atoms with Crippen molar-refractivity contribution >= 4 is 5.97 Å². The van der Waals surface area contributed by atoms with E-state index in [0.29, 0.717) is 6.42 Å². The third-order valence-electron chi connectivity index (χ3n) is 3.36. The summed E-state index contributed by atoms with van der Waals surface area (Å²) in [5, 5.41) is 9.02. The number of aliphatic carboxylic acids is 1. The number of para-hydroxylation sites is 1. The van der Waals surface area contributed by atoms with Crippen molar-refractivity contribution in [2.75, 3.05) is 0 Å². The number of hydrogen-bond donors (Lipinski definition) is 1. The maximum absolute atomic E-state index is 11.0. The van der Waals surface area contributed by atoms with Crippen LogP contribution in [0.4, 0.5) is 0 Å². The number of hydrogen-bond acceptors (Lipinski definition) is 2. The van der Waals surface area contributed by atoms with E-state index in [-0.39, 0.29) is 12.0 Å². The van der Waals surface area contributed by atoms with Gasteiger partial charge in [-0.25, -0.2) is 0 Å². The molecule has 0 amide bonds. The molecule has 1 aromatic rings. The average Bonchev–Trinajstić information content (AvgIpc) is 2.32. The standard InChI is InChI=1S/C14H18O3/c1-10-5-2-3-8-13(10)17-12-7-4-6-11(9-12)14(15)16/h2-3,5,8,11-12H,4,6-7,9H2,1H3,(H,15,16). The Balaban J connectivity index is 1.99. The summed E-state index contributed by atoms with van der Waals surface area (Å²) in [6.07, 6.45) is 3.35. The van der Waals surface area contributed by atoms with E-state index >= 15 is 0 Å². The summed E-state index contributed by atoms with van der Waals surface area (Å²) in [6, 6.07) is 7.87. The molecule has 1 aliphatic rings. The average molecular weight is 234 g/mol. The lowest BCUT2D eigenvalue weighted by Gasteiger charge is -2.27. The molecular formula is C14H18O3. The number of carboxylic acid groups (broad SMARTS) is 1. The van der Waals surface area contributed by atoms with Crippen LogP contribution in [0.2, 0.25) is 0 Å². The van der Waals surface area contributed by atoms with Crippen molar-refractivity contribution in [2.24, 2.45) is 5.92 Å². The van der Waals surface area contributed by atoms with Crippen molar-refractivity contribution in [3.63, 3.8) is 0 Å². The van der Waals surface area contributed by atoms with Crippen LogP contribution in [-0.4, -0.2) is 17.2 Å². The minimum absolute atomic E-state index is 0.0472. The van der Waals surface area contributed by atoms with Crippen molar-refractivity contribution < 1.29 is 14.6 Å². The summed E-state index contributed by atoms with van der Waals surface area (Å²) in [6.45, 7) is 2.01. The molecule has 1 fully saturated rings. The number of ether oxygens (including phenoxy) is 1. The summed E-state index contributed by atoms with van der Waals surface area (Å²) in [7, 11) is 0. The fraction of sp³-hybridized carbons (Fsp3) is 0.500. The molecule has 0 aliphatic heterocycles. The van der Waals surface area contributed by atoms with E-state index in [2.05, 4.69) is 0 Å². The lowest BCUT2D eigenvalue weighted by Crippen LogP contribution is -2.29. The molecule has 0 heterocycles. The Morgan fingerprint density at radius 3 is 2.82 bits per heavy atom. The Kier molecular flexibility index (Phi) is 3.67. The molecule has 0 radical (unpaired) electrons. The van der Waals surface area contributed by atoms with Crippen LogP contribution in [0.15, 0.2) is 24.3 Å². The van der Waals surface area contributed by atoms with Gasteiger partial charge in [0.1, 0.15) is 5.75 Å². The fourth-order valence-corrected chi connectivity index (χ4v) is 2.34. The first-order valence-electron chi connectivity index (χ1n) is 6.12. The van der Waals surface area contributed by atoms with Gasteiger partial charge in [0.2, 0.25) is 0 Å². The van der Waals surface area contributed by atoms with E-state index in [1.54, 1.807) is 0 Å². The van der Waals surface area contributed by atoms with Gasteiger partial charge in [0, 0.05) is 0 Å². The zero-order chi connectivity index (χ0) is 12.3. The number of benzene rings is 1. The number of carbonyl (C=O) groups is 1. The van der Waals surface area contributed by atoms with Gasteiger partial charge < -0.3 is 9.84 Å². The molecule has 1 aromatic carbocycles. The second kappa shape index (κ2) is 5.21. The third kappa shape index (κ3) is 2.99. The van der Waals surface area contributed by atoms with Crippen LogP contribution >= 0.6 is 0 Å². The van der Waals surface area contributed by atoms with Crippen molar-refractivity contribution in [3.05, 3.63) is 29.8 Å². The normalized spacial score (nSPS) is 24.3. The van der Waals surface area contributed by atoms with Crippen LogP contribution in [0.5, 0.6) is 5.75 Å². The van der Waals surface area contributed by atoms with Crippen LogP contribution in [0.1, 0.15) is 31.2 Å². The second-order valence-corrected chi connectivity index (χ2v) is 4.71. The summed E-state index contributed by atoms with van der Waals surface area (Å²) >= 11 is 0. The maximum Gasteiger partial charge on any atom is 0.306 e. The Labute approximate surface area is 101 Å². The summed E-state index contributed by atoms with van der Waals surface area (Å²) in [5.74, 6) is -0.0515. The molecule has 0 aromatic heterocycles. The van der Waals surface area contributed by atoms with Crippen LogP contribution in [0, 0.1) is 12.8 Å². The molecule has 0 bridgehead atoms. The van der Waals surface area contributed by atoms with E-state index in [1.807, 2.05) is 31.2 Å². The van der Waals surface area contributed by atoms with Gasteiger partial charge in [0.05, 0.1) is 12.0 Å². The minimum Gasteiger partial charge on any atom is -0.490 e. The second-order valence-electron chi connectivity index (χ2n) is 4.71. The first kappa shape index (κ1) is 12.0. The molecule has 0 spiro atoms.